The van der Waals surface area contributed by atoms with Crippen LogP contribution in [0.25, 0.3) is 5.69 Å². The molecule has 126 valence electrons. The summed E-state index contributed by atoms with van der Waals surface area (Å²) in [7, 11) is -2.02. The van der Waals surface area contributed by atoms with Gasteiger partial charge >= 0.3 is 0 Å². The van der Waals surface area contributed by atoms with Gasteiger partial charge in [0.25, 0.3) is 10.2 Å². The third-order valence-electron chi connectivity index (χ3n) is 3.44. The van der Waals surface area contributed by atoms with Crippen LogP contribution in [0.2, 0.25) is 0 Å². The van der Waals surface area contributed by atoms with Crippen LogP contribution in [-0.2, 0) is 10.2 Å². The molecule has 9 heteroatoms. The predicted octanol–water partition coefficient (Wildman–Crippen LogP) is 1.29. The Hall–Kier alpha value is -1.84. The van der Waals surface area contributed by atoms with E-state index >= 15 is 0 Å². The number of hydrogen-bond acceptors (Lipinski definition) is 5. The molecular formula is C14H22N6O2S. The van der Waals surface area contributed by atoms with Crippen molar-refractivity contribution in [1.29, 1.82) is 0 Å². The van der Waals surface area contributed by atoms with Gasteiger partial charge in [0.05, 0.1) is 11.7 Å². The molecule has 1 aromatic carbocycles. The zero-order chi connectivity index (χ0) is 16.9. The van der Waals surface area contributed by atoms with Crippen LogP contribution in [0.1, 0.15) is 38.6 Å². The predicted molar refractivity (Wildman–Crippen MR) is 87.2 cm³/mol. The van der Waals surface area contributed by atoms with Crippen LogP contribution in [0.5, 0.6) is 0 Å². The van der Waals surface area contributed by atoms with E-state index in [4.69, 9.17) is 0 Å². The summed E-state index contributed by atoms with van der Waals surface area (Å²) in [6.07, 6.45) is 1.75. The van der Waals surface area contributed by atoms with Gasteiger partial charge in [0.15, 0.2) is 5.82 Å². The minimum atomic E-state index is -3.58. The second-order valence-electron chi connectivity index (χ2n) is 5.30. The van der Waals surface area contributed by atoms with Crippen molar-refractivity contribution in [3.8, 4) is 5.69 Å². The molecule has 1 N–H and O–H groups in total. The van der Waals surface area contributed by atoms with Gasteiger partial charge < -0.3 is 0 Å². The van der Waals surface area contributed by atoms with Crippen molar-refractivity contribution in [2.75, 3.05) is 13.6 Å². The lowest BCUT2D eigenvalue weighted by molar-refractivity contribution is 0.439. The van der Waals surface area contributed by atoms with Crippen molar-refractivity contribution in [1.82, 2.24) is 29.2 Å². The number of benzene rings is 1. The molecule has 0 fully saturated rings. The fraction of sp³-hybridized carbons (Fsp3) is 0.500. The van der Waals surface area contributed by atoms with Crippen LogP contribution in [0.3, 0.4) is 0 Å². The lowest BCUT2D eigenvalue weighted by Gasteiger charge is -2.20. The third-order valence-corrected chi connectivity index (χ3v) is 5.10. The second kappa shape index (κ2) is 7.62. The third kappa shape index (κ3) is 4.34. The van der Waals surface area contributed by atoms with Gasteiger partial charge in [-0.25, -0.2) is 0 Å². The Labute approximate surface area is 136 Å². The number of nitrogens with one attached hydrogen (secondary N) is 1. The first-order valence-electron chi connectivity index (χ1n) is 7.53. The lowest BCUT2D eigenvalue weighted by atomic mass is 10.3. The Kier molecular flexibility index (Phi) is 5.80. The smallest absolute Gasteiger partial charge is 0.196 e. The number of rotatable bonds is 8. The highest BCUT2D eigenvalue weighted by atomic mass is 32.2. The molecule has 0 aliphatic heterocycles. The van der Waals surface area contributed by atoms with Crippen molar-refractivity contribution < 1.29 is 8.42 Å². The van der Waals surface area contributed by atoms with Crippen molar-refractivity contribution >= 4 is 10.2 Å². The zero-order valence-corrected chi connectivity index (χ0v) is 14.4. The highest BCUT2D eigenvalue weighted by molar-refractivity contribution is 7.87. The Morgan fingerprint density at radius 3 is 2.65 bits per heavy atom. The average Bonchev–Trinajstić information content (AvgIpc) is 3.02. The van der Waals surface area contributed by atoms with E-state index < -0.39 is 16.3 Å². The average molecular weight is 338 g/mol. The van der Waals surface area contributed by atoms with E-state index in [1.807, 2.05) is 37.3 Å². The SMILES string of the molecule is CCCCN(C)S(=O)(=O)NC(C)c1nnnn1-c1ccccc1. The molecule has 1 atom stereocenters. The van der Waals surface area contributed by atoms with E-state index in [9.17, 15) is 8.42 Å². The number of aromatic nitrogens is 4. The summed E-state index contributed by atoms with van der Waals surface area (Å²) >= 11 is 0. The second-order valence-corrected chi connectivity index (χ2v) is 7.11. The Bertz CT molecular complexity index is 716. The molecular weight excluding hydrogens is 316 g/mol. The molecule has 1 aromatic heterocycles. The first kappa shape index (κ1) is 17.5. The van der Waals surface area contributed by atoms with Crippen LogP contribution in [0.4, 0.5) is 0 Å². The van der Waals surface area contributed by atoms with Crippen LogP contribution < -0.4 is 4.72 Å². The first-order chi connectivity index (χ1) is 11.0. The normalized spacial score (nSPS) is 13.4. The number of hydrogen-bond donors (Lipinski definition) is 1. The van der Waals surface area contributed by atoms with E-state index in [2.05, 4.69) is 20.2 Å². The van der Waals surface area contributed by atoms with Crippen molar-refractivity contribution in [3.63, 3.8) is 0 Å². The largest absolute Gasteiger partial charge is 0.279 e. The lowest BCUT2D eigenvalue weighted by Crippen LogP contribution is -2.40. The molecule has 2 rings (SSSR count). The quantitative estimate of drug-likeness (QED) is 0.783. The van der Waals surface area contributed by atoms with Crippen LogP contribution in [0, 0.1) is 0 Å². The highest BCUT2D eigenvalue weighted by Gasteiger charge is 2.24. The number of nitrogens with zero attached hydrogens (tertiary/aromatic N) is 5. The maximum Gasteiger partial charge on any atom is 0.279 e. The summed E-state index contributed by atoms with van der Waals surface area (Å²) < 4.78 is 30.1. The number of para-hydroxylation sites is 1. The Morgan fingerprint density at radius 1 is 1.30 bits per heavy atom. The van der Waals surface area contributed by atoms with E-state index in [0.717, 1.165) is 18.5 Å². The molecule has 0 saturated carbocycles. The van der Waals surface area contributed by atoms with Crippen molar-refractivity contribution in [2.45, 2.75) is 32.7 Å². The van der Waals surface area contributed by atoms with Crippen LogP contribution in [0.15, 0.2) is 30.3 Å². The van der Waals surface area contributed by atoms with Gasteiger partial charge in [0, 0.05) is 13.6 Å². The Morgan fingerprint density at radius 2 is 2.00 bits per heavy atom. The molecule has 0 amide bonds. The van der Waals surface area contributed by atoms with Crippen molar-refractivity contribution in [2.24, 2.45) is 0 Å². The topological polar surface area (TPSA) is 93.0 Å². The number of unbranched alkanes of at least 4 members (excludes halogenated alkanes) is 1. The summed E-state index contributed by atoms with van der Waals surface area (Å²) in [5.41, 5.74) is 0.776. The van der Waals surface area contributed by atoms with E-state index in [0.29, 0.717) is 12.4 Å². The molecule has 1 heterocycles. The fourth-order valence-corrected chi connectivity index (χ4v) is 3.19. The summed E-state index contributed by atoms with van der Waals surface area (Å²) in [5.74, 6) is 0.434. The maximum absolute atomic E-state index is 12.3. The Balaban J connectivity index is 2.16. The number of tetrazole rings is 1. The van der Waals surface area contributed by atoms with E-state index in [-0.39, 0.29) is 0 Å². The van der Waals surface area contributed by atoms with Gasteiger partial charge in [-0.15, -0.1) is 5.10 Å². The molecule has 0 aliphatic rings. The van der Waals surface area contributed by atoms with Gasteiger partial charge in [-0.3, -0.25) is 0 Å². The highest BCUT2D eigenvalue weighted by Crippen LogP contribution is 2.15. The molecule has 23 heavy (non-hydrogen) atoms. The van der Waals surface area contributed by atoms with Gasteiger partial charge in [-0.1, -0.05) is 31.5 Å². The summed E-state index contributed by atoms with van der Waals surface area (Å²) in [4.78, 5) is 0. The van der Waals surface area contributed by atoms with Gasteiger partial charge in [0.2, 0.25) is 0 Å². The van der Waals surface area contributed by atoms with Crippen molar-refractivity contribution in [3.05, 3.63) is 36.2 Å². The van der Waals surface area contributed by atoms with E-state index in [1.165, 1.54) is 8.99 Å². The monoisotopic (exact) mass is 338 g/mol. The summed E-state index contributed by atoms with van der Waals surface area (Å²) in [5, 5.41) is 11.6. The fourth-order valence-electron chi connectivity index (χ4n) is 2.08. The van der Waals surface area contributed by atoms with Gasteiger partial charge in [-0.2, -0.15) is 22.1 Å². The molecule has 2 aromatic rings. The minimum absolute atomic E-state index is 0.434. The standard InChI is InChI=1S/C14H22N6O2S/c1-4-5-11-19(3)23(21,22)16-12(2)14-15-17-18-20(14)13-9-7-6-8-10-13/h6-10,12,16H,4-5,11H2,1-3H3. The van der Waals surface area contributed by atoms with Crippen LogP contribution in [-0.4, -0.2) is 46.5 Å². The van der Waals surface area contributed by atoms with Gasteiger partial charge in [-0.05, 0) is 35.9 Å². The molecule has 1 unspecified atom stereocenters. The molecule has 0 spiro atoms. The van der Waals surface area contributed by atoms with Crippen LogP contribution >= 0.6 is 0 Å². The maximum atomic E-state index is 12.3. The minimum Gasteiger partial charge on any atom is -0.196 e. The summed E-state index contributed by atoms with van der Waals surface area (Å²) in [6.45, 7) is 4.21. The van der Waals surface area contributed by atoms with Gasteiger partial charge in [0.1, 0.15) is 0 Å². The molecule has 8 nitrogen and oxygen atoms in total. The van der Waals surface area contributed by atoms with E-state index in [1.54, 1.807) is 14.0 Å². The molecule has 0 aliphatic carbocycles. The molecule has 0 saturated heterocycles. The first-order valence-corrected chi connectivity index (χ1v) is 8.97. The molecule has 0 bridgehead atoms. The summed E-state index contributed by atoms with van der Waals surface area (Å²) in [6, 6.07) is 8.78. The zero-order valence-electron chi connectivity index (χ0n) is 13.5. The molecule has 0 radical (unpaired) electrons.